The minimum Gasteiger partial charge on any atom is -0.491 e. The Balaban J connectivity index is 1.31. The van der Waals surface area contributed by atoms with Gasteiger partial charge in [-0.15, -0.1) is 0 Å². The summed E-state index contributed by atoms with van der Waals surface area (Å²) in [5.74, 6) is 2.31. The fourth-order valence-corrected chi connectivity index (χ4v) is 4.98. The van der Waals surface area contributed by atoms with Crippen molar-refractivity contribution < 1.29 is 18.9 Å². The number of hydrogen-bond donors (Lipinski definition) is 0. The van der Waals surface area contributed by atoms with Gasteiger partial charge in [0, 0.05) is 17.0 Å². The SMILES string of the molecule is CCCCCC(C)(C)c1cccc(C2=CCC(c3ccc(OCC4CO4)cc3)C=C2)c1OCC1CO1. The second-order valence-corrected chi connectivity index (χ2v) is 11.0. The first-order valence-corrected chi connectivity index (χ1v) is 13.6. The molecule has 0 N–H and O–H groups in total. The monoisotopic (exact) mass is 488 g/mol. The molecule has 1 aliphatic carbocycles. The Hall–Kier alpha value is -2.56. The lowest BCUT2D eigenvalue weighted by Crippen LogP contribution is -2.20. The third-order valence-electron chi connectivity index (χ3n) is 7.52. The molecule has 3 aliphatic rings. The molecule has 0 spiro atoms. The van der Waals surface area contributed by atoms with Gasteiger partial charge in [-0.2, -0.15) is 0 Å². The predicted molar refractivity (Wildman–Crippen MR) is 145 cm³/mol. The van der Waals surface area contributed by atoms with Crippen LogP contribution >= 0.6 is 0 Å². The van der Waals surface area contributed by atoms with Crippen molar-refractivity contribution in [2.24, 2.45) is 0 Å². The van der Waals surface area contributed by atoms with Crippen molar-refractivity contribution in [3.05, 3.63) is 77.4 Å². The Morgan fingerprint density at radius 1 is 0.917 bits per heavy atom. The van der Waals surface area contributed by atoms with E-state index in [2.05, 4.69) is 81.5 Å². The first-order valence-electron chi connectivity index (χ1n) is 13.6. The van der Waals surface area contributed by atoms with Gasteiger partial charge in [0.1, 0.15) is 36.9 Å². The smallest absolute Gasteiger partial charge is 0.130 e. The lowest BCUT2D eigenvalue weighted by atomic mass is 9.78. The van der Waals surface area contributed by atoms with Gasteiger partial charge in [0.25, 0.3) is 0 Å². The number of benzene rings is 2. The van der Waals surface area contributed by atoms with E-state index in [-0.39, 0.29) is 17.6 Å². The zero-order chi connectivity index (χ0) is 25.0. The van der Waals surface area contributed by atoms with Gasteiger partial charge in [0.2, 0.25) is 0 Å². The molecule has 2 aliphatic heterocycles. The van der Waals surface area contributed by atoms with Gasteiger partial charge in [-0.3, -0.25) is 0 Å². The number of ether oxygens (including phenoxy) is 4. The zero-order valence-corrected chi connectivity index (χ0v) is 22.0. The molecule has 4 heteroatoms. The topological polar surface area (TPSA) is 43.5 Å². The predicted octanol–water partition coefficient (Wildman–Crippen LogP) is 7.23. The summed E-state index contributed by atoms with van der Waals surface area (Å²) >= 11 is 0. The Bertz CT molecular complexity index is 1070. The van der Waals surface area contributed by atoms with Crippen LogP contribution in [0.25, 0.3) is 5.57 Å². The van der Waals surface area contributed by atoms with Gasteiger partial charge in [-0.05, 0) is 41.5 Å². The van der Waals surface area contributed by atoms with E-state index < -0.39 is 0 Å². The van der Waals surface area contributed by atoms with E-state index in [1.165, 1.54) is 41.5 Å². The molecule has 2 saturated heterocycles. The summed E-state index contributed by atoms with van der Waals surface area (Å²) in [5.41, 5.74) is 5.11. The maximum Gasteiger partial charge on any atom is 0.130 e. The first kappa shape index (κ1) is 25.1. The Labute approximate surface area is 216 Å². The van der Waals surface area contributed by atoms with Crippen molar-refractivity contribution in [3.8, 4) is 11.5 Å². The van der Waals surface area contributed by atoms with Crippen molar-refractivity contribution >= 4 is 5.57 Å². The minimum absolute atomic E-state index is 0.0574. The molecular formula is C32H40O4. The molecular weight excluding hydrogens is 448 g/mol. The molecule has 192 valence electrons. The number of allylic oxidation sites excluding steroid dienone is 4. The van der Waals surface area contributed by atoms with Gasteiger partial charge in [-0.1, -0.05) is 88.6 Å². The van der Waals surface area contributed by atoms with Crippen LogP contribution in [-0.2, 0) is 14.9 Å². The van der Waals surface area contributed by atoms with Crippen molar-refractivity contribution in [1.29, 1.82) is 0 Å². The van der Waals surface area contributed by atoms with E-state index >= 15 is 0 Å². The van der Waals surface area contributed by atoms with Crippen LogP contribution in [0.1, 0.15) is 75.5 Å². The summed E-state index contributed by atoms with van der Waals surface area (Å²) in [6, 6.07) is 15.2. The summed E-state index contributed by atoms with van der Waals surface area (Å²) in [7, 11) is 0. The van der Waals surface area contributed by atoms with Gasteiger partial charge in [0.15, 0.2) is 0 Å². The lowest BCUT2D eigenvalue weighted by molar-refractivity contribution is 0.256. The van der Waals surface area contributed by atoms with Gasteiger partial charge in [-0.25, -0.2) is 0 Å². The summed E-state index contributed by atoms with van der Waals surface area (Å²) in [6.07, 6.45) is 13.4. The van der Waals surface area contributed by atoms with E-state index in [9.17, 15) is 0 Å². The lowest BCUT2D eigenvalue weighted by Gasteiger charge is -2.29. The van der Waals surface area contributed by atoms with Crippen LogP contribution in [-0.4, -0.2) is 38.6 Å². The molecule has 2 fully saturated rings. The molecule has 0 bridgehead atoms. The number of unbranched alkanes of at least 4 members (excludes halogenated alkanes) is 2. The van der Waals surface area contributed by atoms with Crippen molar-refractivity contribution in [2.75, 3.05) is 26.4 Å². The largest absolute Gasteiger partial charge is 0.491 e. The Morgan fingerprint density at radius 3 is 2.28 bits per heavy atom. The van der Waals surface area contributed by atoms with E-state index in [4.69, 9.17) is 18.9 Å². The van der Waals surface area contributed by atoms with Gasteiger partial charge in [0.05, 0.1) is 13.2 Å². The normalized spacial score (nSPS) is 22.8. The highest BCUT2D eigenvalue weighted by molar-refractivity contribution is 5.80. The third kappa shape index (κ3) is 6.41. The minimum atomic E-state index is 0.0574. The molecule has 0 radical (unpaired) electrons. The molecule has 4 nitrogen and oxygen atoms in total. The van der Waals surface area contributed by atoms with E-state index in [0.717, 1.165) is 37.6 Å². The number of rotatable bonds is 13. The third-order valence-corrected chi connectivity index (χ3v) is 7.52. The van der Waals surface area contributed by atoms with Crippen molar-refractivity contribution in [1.82, 2.24) is 0 Å². The summed E-state index contributed by atoms with van der Waals surface area (Å²) in [4.78, 5) is 0. The highest BCUT2D eigenvalue weighted by Crippen LogP contribution is 2.42. The maximum atomic E-state index is 6.48. The molecule has 2 aromatic rings. The molecule has 3 unspecified atom stereocenters. The van der Waals surface area contributed by atoms with Crippen LogP contribution in [0.4, 0.5) is 0 Å². The number of hydrogen-bond acceptors (Lipinski definition) is 4. The quantitative estimate of drug-likeness (QED) is 0.220. The van der Waals surface area contributed by atoms with E-state index in [1.807, 2.05) is 0 Å². The summed E-state index contributed by atoms with van der Waals surface area (Å²) < 4.78 is 23.0. The molecule has 3 atom stereocenters. The molecule has 2 heterocycles. The second-order valence-electron chi connectivity index (χ2n) is 11.0. The van der Waals surface area contributed by atoms with Crippen LogP contribution in [0.3, 0.4) is 0 Å². The van der Waals surface area contributed by atoms with Crippen molar-refractivity contribution in [2.45, 2.75) is 76.4 Å². The van der Waals surface area contributed by atoms with Crippen molar-refractivity contribution in [3.63, 3.8) is 0 Å². The first-order chi connectivity index (χ1) is 17.5. The Morgan fingerprint density at radius 2 is 1.64 bits per heavy atom. The molecule has 5 rings (SSSR count). The zero-order valence-electron chi connectivity index (χ0n) is 22.0. The summed E-state index contributed by atoms with van der Waals surface area (Å²) in [6.45, 7) is 9.86. The number of epoxide rings is 2. The molecule has 0 amide bonds. The van der Waals surface area contributed by atoms with E-state index in [1.54, 1.807) is 0 Å². The summed E-state index contributed by atoms with van der Waals surface area (Å²) in [5, 5.41) is 0. The average Bonchev–Trinajstić information content (AvgIpc) is 3.82. The molecule has 0 aromatic heterocycles. The highest BCUT2D eigenvalue weighted by atomic mass is 16.6. The van der Waals surface area contributed by atoms with Crippen LogP contribution in [0, 0.1) is 0 Å². The van der Waals surface area contributed by atoms with Crippen LogP contribution in [0.2, 0.25) is 0 Å². The standard InChI is InChI=1S/C32H40O4/c1-4-5-6-18-32(2,3)30-9-7-8-29(31(30)36-22-28-21-35-28)25-12-10-23(11-13-25)24-14-16-26(17-15-24)33-19-27-20-34-27/h7-10,12-17,23,27-28H,4-6,11,18-22H2,1-3H3. The fraction of sp³-hybridized carbons (Fsp3) is 0.500. The van der Waals surface area contributed by atoms with Crippen LogP contribution in [0.5, 0.6) is 11.5 Å². The van der Waals surface area contributed by atoms with Crippen LogP contribution in [0.15, 0.2) is 60.7 Å². The molecule has 0 saturated carbocycles. The highest BCUT2D eigenvalue weighted by Gasteiger charge is 2.29. The van der Waals surface area contributed by atoms with Gasteiger partial charge < -0.3 is 18.9 Å². The van der Waals surface area contributed by atoms with Gasteiger partial charge >= 0.3 is 0 Å². The molecule has 36 heavy (non-hydrogen) atoms. The molecule has 2 aromatic carbocycles. The average molecular weight is 489 g/mol. The Kier molecular flexibility index (Phi) is 7.83. The maximum absolute atomic E-state index is 6.48. The van der Waals surface area contributed by atoms with E-state index in [0.29, 0.717) is 19.1 Å². The number of para-hydroxylation sites is 1. The second kappa shape index (κ2) is 11.2. The fourth-order valence-electron chi connectivity index (χ4n) is 4.98. The van der Waals surface area contributed by atoms with Crippen LogP contribution < -0.4 is 9.47 Å².